The average molecular weight is 506 g/mol. The van der Waals surface area contributed by atoms with Crippen LogP contribution in [0.2, 0.25) is 5.02 Å². The van der Waals surface area contributed by atoms with Crippen molar-refractivity contribution in [1.82, 2.24) is 13.9 Å². The van der Waals surface area contributed by atoms with E-state index in [1.807, 2.05) is 0 Å². The van der Waals surface area contributed by atoms with Crippen molar-refractivity contribution in [3.8, 4) is 11.3 Å². The Labute approximate surface area is 204 Å². The first kappa shape index (κ1) is 22.5. The molecule has 0 unspecified atom stereocenters. The van der Waals surface area contributed by atoms with Crippen molar-refractivity contribution >= 4 is 49.9 Å². The highest BCUT2D eigenvalue weighted by Crippen LogP contribution is 2.36. The largest absolute Gasteiger partial charge is 0.324 e. The fourth-order valence-corrected chi connectivity index (χ4v) is 5.27. The average Bonchev–Trinajstić information content (AvgIpc) is 3.26. The monoisotopic (exact) mass is 505 g/mol. The van der Waals surface area contributed by atoms with E-state index in [0.29, 0.717) is 27.8 Å². The standard InChI is InChI=1S/C24H16ClN5O4S/c25-21-14-26-24(27-16-7-6-8-17(13-16)30(31)32)28-23(21)20-15-29(22-12-5-4-11-19(20)22)35(33,34)18-9-2-1-3-10-18/h1-15H,(H,26,27,28). The van der Waals surface area contributed by atoms with Crippen molar-refractivity contribution < 1.29 is 13.3 Å². The van der Waals surface area contributed by atoms with Gasteiger partial charge in [0.2, 0.25) is 5.95 Å². The molecule has 0 aliphatic rings. The number of rotatable bonds is 6. The van der Waals surface area contributed by atoms with E-state index in [0.717, 1.165) is 0 Å². The lowest BCUT2D eigenvalue weighted by atomic mass is 10.1. The molecule has 0 amide bonds. The third-order valence-electron chi connectivity index (χ3n) is 5.29. The van der Waals surface area contributed by atoms with E-state index in [1.54, 1.807) is 54.6 Å². The Balaban J connectivity index is 1.63. The van der Waals surface area contributed by atoms with Gasteiger partial charge in [-0.15, -0.1) is 0 Å². The van der Waals surface area contributed by atoms with Gasteiger partial charge in [-0.25, -0.2) is 22.4 Å². The summed E-state index contributed by atoms with van der Waals surface area (Å²) >= 11 is 6.44. The molecule has 11 heteroatoms. The SMILES string of the molecule is O=[N+]([O-])c1cccc(Nc2ncc(Cl)c(-c3cn(S(=O)(=O)c4ccccc4)c4ccccc34)n2)c1. The lowest BCUT2D eigenvalue weighted by Crippen LogP contribution is -2.11. The number of benzene rings is 3. The molecule has 174 valence electrons. The molecule has 5 rings (SSSR count). The van der Waals surface area contributed by atoms with Gasteiger partial charge in [0.15, 0.2) is 0 Å². The van der Waals surface area contributed by atoms with Crippen LogP contribution in [0.15, 0.2) is 96.2 Å². The highest BCUT2D eigenvalue weighted by Gasteiger charge is 2.23. The quantitative estimate of drug-likeness (QED) is 0.234. The molecule has 0 spiro atoms. The van der Waals surface area contributed by atoms with Crippen LogP contribution in [0.4, 0.5) is 17.3 Å². The molecule has 3 aromatic carbocycles. The normalized spacial score (nSPS) is 11.5. The fraction of sp³-hybridized carbons (Fsp3) is 0. The first-order valence-electron chi connectivity index (χ1n) is 10.3. The number of halogens is 1. The van der Waals surface area contributed by atoms with Crippen LogP contribution >= 0.6 is 11.6 Å². The van der Waals surface area contributed by atoms with Gasteiger partial charge >= 0.3 is 0 Å². The van der Waals surface area contributed by atoms with E-state index in [-0.39, 0.29) is 21.6 Å². The lowest BCUT2D eigenvalue weighted by Gasteiger charge is -2.08. The van der Waals surface area contributed by atoms with Gasteiger partial charge in [-0.1, -0.05) is 54.1 Å². The van der Waals surface area contributed by atoms with Crippen LogP contribution in [-0.2, 0) is 10.0 Å². The van der Waals surface area contributed by atoms with Gasteiger partial charge < -0.3 is 5.32 Å². The van der Waals surface area contributed by atoms with Crippen molar-refractivity contribution in [2.75, 3.05) is 5.32 Å². The zero-order valence-electron chi connectivity index (χ0n) is 17.9. The highest BCUT2D eigenvalue weighted by atomic mass is 35.5. The second-order valence-corrected chi connectivity index (χ2v) is 9.72. The first-order valence-corrected chi connectivity index (χ1v) is 12.1. The minimum Gasteiger partial charge on any atom is -0.324 e. The summed E-state index contributed by atoms with van der Waals surface area (Å²) in [5.41, 5.74) is 1.61. The Kier molecular flexibility index (Phi) is 5.67. The summed E-state index contributed by atoms with van der Waals surface area (Å²) in [4.78, 5) is 19.4. The van der Waals surface area contributed by atoms with Crippen LogP contribution in [-0.4, -0.2) is 27.3 Å². The van der Waals surface area contributed by atoms with Crippen molar-refractivity contribution in [3.05, 3.63) is 106 Å². The second kappa shape index (κ2) is 8.82. The highest BCUT2D eigenvalue weighted by molar-refractivity contribution is 7.90. The maximum Gasteiger partial charge on any atom is 0.271 e. The maximum absolute atomic E-state index is 13.4. The Morgan fingerprint density at radius 2 is 1.71 bits per heavy atom. The van der Waals surface area contributed by atoms with Crippen LogP contribution in [0.25, 0.3) is 22.2 Å². The summed E-state index contributed by atoms with van der Waals surface area (Å²) in [5, 5.41) is 14.9. The summed E-state index contributed by atoms with van der Waals surface area (Å²) in [5.74, 6) is 0.146. The molecule has 9 nitrogen and oxygen atoms in total. The lowest BCUT2D eigenvalue weighted by molar-refractivity contribution is -0.384. The molecule has 0 fully saturated rings. The van der Waals surface area contributed by atoms with Crippen molar-refractivity contribution in [3.63, 3.8) is 0 Å². The number of aromatic nitrogens is 3. The number of hydrogen-bond donors (Lipinski definition) is 1. The fourth-order valence-electron chi connectivity index (χ4n) is 3.69. The molecule has 5 aromatic rings. The van der Waals surface area contributed by atoms with E-state index in [1.165, 1.54) is 40.6 Å². The molecule has 1 N–H and O–H groups in total. The number of fused-ring (bicyclic) bond motifs is 1. The molecule has 0 atom stereocenters. The summed E-state index contributed by atoms with van der Waals surface area (Å²) in [6.45, 7) is 0. The molecule has 0 saturated heterocycles. The Morgan fingerprint density at radius 1 is 0.971 bits per heavy atom. The minimum atomic E-state index is -3.89. The smallest absolute Gasteiger partial charge is 0.271 e. The van der Waals surface area contributed by atoms with Gasteiger partial charge in [-0.05, 0) is 24.3 Å². The second-order valence-electron chi connectivity index (χ2n) is 7.50. The van der Waals surface area contributed by atoms with Crippen LogP contribution in [0.3, 0.4) is 0 Å². The Morgan fingerprint density at radius 3 is 2.49 bits per heavy atom. The topological polar surface area (TPSA) is 120 Å². The predicted molar refractivity (Wildman–Crippen MR) is 133 cm³/mol. The van der Waals surface area contributed by atoms with Crippen molar-refractivity contribution in [1.29, 1.82) is 0 Å². The first-order chi connectivity index (χ1) is 16.8. The maximum atomic E-state index is 13.4. The Hall–Kier alpha value is -4.28. The van der Waals surface area contributed by atoms with Crippen LogP contribution in [0, 0.1) is 10.1 Å². The molecule has 0 bridgehead atoms. The molecular weight excluding hydrogens is 490 g/mol. The van der Waals surface area contributed by atoms with Gasteiger partial charge in [-0.3, -0.25) is 10.1 Å². The number of nitro benzene ring substituents is 1. The van der Waals surface area contributed by atoms with Gasteiger partial charge in [0.25, 0.3) is 15.7 Å². The zero-order valence-corrected chi connectivity index (χ0v) is 19.4. The minimum absolute atomic E-state index is 0.0848. The van der Waals surface area contributed by atoms with Crippen molar-refractivity contribution in [2.24, 2.45) is 0 Å². The number of anilines is 2. The molecule has 35 heavy (non-hydrogen) atoms. The zero-order chi connectivity index (χ0) is 24.6. The van der Waals surface area contributed by atoms with Gasteiger partial charge in [0.1, 0.15) is 0 Å². The molecule has 2 aromatic heterocycles. The van der Waals surface area contributed by atoms with Crippen molar-refractivity contribution in [2.45, 2.75) is 4.90 Å². The van der Waals surface area contributed by atoms with E-state index in [9.17, 15) is 18.5 Å². The van der Waals surface area contributed by atoms with E-state index in [4.69, 9.17) is 11.6 Å². The number of nitro groups is 1. The molecule has 2 heterocycles. The van der Waals surface area contributed by atoms with Gasteiger partial charge in [-0.2, -0.15) is 0 Å². The third kappa shape index (κ3) is 4.20. The molecule has 0 aliphatic heterocycles. The number of nitrogens with one attached hydrogen (secondary N) is 1. The van der Waals surface area contributed by atoms with Crippen LogP contribution in [0.5, 0.6) is 0 Å². The van der Waals surface area contributed by atoms with Crippen LogP contribution < -0.4 is 5.32 Å². The van der Waals surface area contributed by atoms with Gasteiger partial charge in [0, 0.05) is 35.0 Å². The van der Waals surface area contributed by atoms with Gasteiger partial charge in [0.05, 0.1) is 32.2 Å². The summed E-state index contributed by atoms with van der Waals surface area (Å²) in [6.07, 6.45) is 2.87. The molecule has 0 aliphatic carbocycles. The number of non-ortho nitro benzene ring substituents is 1. The molecule has 0 radical (unpaired) electrons. The van der Waals surface area contributed by atoms with E-state index >= 15 is 0 Å². The summed E-state index contributed by atoms with van der Waals surface area (Å²) in [6, 6.07) is 21.1. The Bertz CT molecular complexity index is 1690. The number of hydrogen-bond acceptors (Lipinski definition) is 7. The summed E-state index contributed by atoms with van der Waals surface area (Å²) < 4.78 is 28.0. The summed E-state index contributed by atoms with van der Waals surface area (Å²) in [7, 11) is -3.89. The molecular formula is C24H16ClN5O4S. The number of para-hydroxylation sites is 1. The van der Waals surface area contributed by atoms with E-state index in [2.05, 4.69) is 15.3 Å². The van der Waals surface area contributed by atoms with E-state index < -0.39 is 14.9 Å². The third-order valence-corrected chi connectivity index (χ3v) is 7.25. The predicted octanol–water partition coefficient (Wildman–Crippen LogP) is 5.64. The number of nitrogens with zero attached hydrogens (tertiary/aromatic N) is 4. The van der Waals surface area contributed by atoms with Crippen LogP contribution in [0.1, 0.15) is 0 Å². The molecule has 0 saturated carbocycles.